The first kappa shape index (κ1) is 17.9. The number of aromatic nitrogens is 1. The van der Waals surface area contributed by atoms with Crippen LogP contribution in [-0.2, 0) is 4.74 Å². The van der Waals surface area contributed by atoms with Crippen LogP contribution in [0.3, 0.4) is 0 Å². The molecular formula is C14H11Cl2FN4O3. The molecule has 0 amide bonds. The molecule has 0 unspecified atom stereocenters. The molecule has 0 bridgehead atoms. The van der Waals surface area contributed by atoms with E-state index in [0.29, 0.717) is 0 Å². The van der Waals surface area contributed by atoms with Gasteiger partial charge >= 0.3 is 5.97 Å². The van der Waals surface area contributed by atoms with Crippen LogP contribution >= 0.6 is 23.2 Å². The zero-order chi connectivity index (χ0) is 17.9. The highest BCUT2D eigenvalue weighted by Crippen LogP contribution is 2.37. The van der Waals surface area contributed by atoms with Crippen molar-refractivity contribution >= 4 is 34.9 Å². The highest BCUT2D eigenvalue weighted by molar-refractivity contribution is 6.36. The lowest BCUT2D eigenvalue weighted by molar-refractivity contribution is 0.0594. The van der Waals surface area contributed by atoms with Crippen LogP contribution in [-0.4, -0.2) is 25.2 Å². The van der Waals surface area contributed by atoms with Crippen LogP contribution in [0.1, 0.15) is 10.5 Å². The molecule has 0 aliphatic heterocycles. The summed E-state index contributed by atoms with van der Waals surface area (Å²) in [5, 5.41) is 2.97. The van der Waals surface area contributed by atoms with E-state index in [-0.39, 0.29) is 38.4 Å². The molecule has 2 rings (SSSR count). The summed E-state index contributed by atoms with van der Waals surface area (Å²) in [6.45, 7) is 0. The number of carbonyl (C=O) groups is 1. The van der Waals surface area contributed by atoms with E-state index < -0.39 is 11.8 Å². The predicted octanol–water partition coefficient (Wildman–Crippen LogP) is 4.35. The molecule has 1 heterocycles. The maximum Gasteiger partial charge on any atom is 0.358 e. The molecule has 0 aliphatic carbocycles. The van der Waals surface area contributed by atoms with Gasteiger partial charge in [-0.3, -0.25) is 5.43 Å². The lowest BCUT2D eigenvalue weighted by Gasteiger charge is -2.12. The summed E-state index contributed by atoms with van der Waals surface area (Å²) in [5.74, 6) is -1.74. The second kappa shape index (κ2) is 7.41. The zero-order valence-corrected chi connectivity index (χ0v) is 14.0. The fourth-order valence-electron chi connectivity index (χ4n) is 1.96. The largest absolute Gasteiger partial charge is 0.492 e. The van der Waals surface area contributed by atoms with Crippen molar-refractivity contribution in [2.75, 3.05) is 19.6 Å². The number of methoxy groups -OCH3 is 2. The molecule has 0 saturated heterocycles. The van der Waals surface area contributed by atoms with Crippen LogP contribution in [0, 0.1) is 11.3 Å². The van der Waals surface area contributed by atoms with Gasteiger partial charge in [0, 0.05) is 5.56 Å². The standard InChI is InChI=1S/C14H11Cl2FN4O3/c1-23-13-7(15)4-3-6(11(13)17)8-5-9(20-21-18)10(16)12(19-8)14(22)24-2/h3-5H,1-2H3,(H2,18,19,20). The summed E-state index contributed by atoms with van der Waals surface area (Å²) in [4.78, 5) is 15.9. The zero-order valence-electron chi connectivity index (χ0n) is 12.5. The number of halogens is 3. The van der Waals surface area contributed by atoms with Crippen LogP contribution in [0.2, 0.25) is 10.0 Å². The minimum atomic E-state index is -0.823. The number of pyridine rings is 1. The van der Waals surface area contributed by atoms with Gasteiger partial charge in [0.25, 0.3) is 0 Å². The first-order chi connectivity index (χ1) is 11.4. The molecule has 0 saturated carbocycles. The average Bonchev–Trinajstić information content (AvgIpc) is 2.57. The van der Waals surface area contributed by atoms with Crippen molar-refractivity contribution in [2.24, 2.45) is 5.22 Å². The number of esters is 1. The van der Waals surface area contributed by atoms with E-state index in [1.165, 1.54) is 25.3 Å². The van der Waals surface area contributed by atoms with Crippen molar-refractivity contribution < 1.29 is 18.7 Å². The number of rotatable bonds is 5. The molecule has 0 atom stereocenters. The van der Waals surface area contributed by atoms with Gasteiger partial charge in [0.15, 0.2) is 17.3 Å². The fourth-order valence-corrected chi connectivity index (χ4v) is 2.40. The van der Waals surface area contributed by atoms with E-state index >= 15 is 0 Å². The molecule has 7 nitrogen and oxygen atoms in total. The Bertz CT molecular complexity index is 817. The van der Waals surface area contributed by atoms with Gasteiger partial charge in [0.2, 0.25) is 0 Å². The Morgan fingerprint density at radius 1 is 1.38 bits per heavy atom. The van der Waals surface area contributed by atoms with Gasteiger partial charge < -0.3 is 9.47 Å². The maximum absolute atomic E-state index is 14.6. The molecule has 0 radical (unpaired) electrons. The first-order valence-corrected chi connectivity index (χ1v) is 7.13. The number of anilines is 1. The summed E-state index contributed by atoms with van der Waals surface area (Å²) in [7, 11) is 2.43. The summed E-state index contributed by atoms with van der Waals surface area (Å²) in [6.07, 6.45) is 0. The van der Waals surface area contributed by atoms with Gasteiger partial charge in [-0.15, -0.1) is 0 Å². The van der Waals surface area contributed by atoms with Crippen molar-refractivity contribution in [3.05, 3.63) is 39.8 Å². The van der Waals surface area contributed by atoms with E-state index in [0.717, 1.165) is 7.11 Å². The van der Waals surface area contributed by atoms with Gasteiger partial charge in [0.05, 0.1) is 35.6 Å². The number of nitrogens with zero attached hydrogens (tertiary/aromatic N) is 2. The van der Waals surface area contributed by atoms with E-state index in [4.69, 9.17) is 33.5 Å². The maximum atomic E-state index is 14.6. The van der Waals surface area contributed by atoms with E-state index in [1.807, 2.05) is 0 Å². The molecule has 126 valence electrons. The molecule has 1 aromatic carbocycles. The van der Waals surface area contributed by atoms with E-state index in [1.54, 1.807) is 0 Å². The number of hydrogen-bond donors (Lipinski definition) is 2. The monoisotopic (exact) mass is 372 g/mol. The quantitative estimate of drug-likeness (QED) is 0.462. The van der Waals surface area contributed by atoms with Gasteiger partial charge in [-0.25, -0.2) is 14.2 Å². The third-order valence-corrected chi connectivity index (χ3v) is 3.72. The van der Waals surface area contributed by atoms with Crippen molar-refractivity contribution in [1.82, 2.24) is 4.98 Å². The van der Waals surface area contributed by atoms with Crippen molar-refractivity contribution in [2.45, 2.75) is 0 Å². The molecule has 0 spiro atoms. The number of nitrogens with one attached hydrogen (secondary N) is 2. The molecule has 2 N–H and O–H groups in total. The SMILES string of the molecule is COC(=O)c1nc(-c2ccc(Cl)c(OC)c2F)cc(NN=N)c1Cl. The minimum Gasteiger partial charge on any atom is -0.492 e. The number of ether oxygens (including phenoxy) is 2. The van der Waals surface area contributed by atoms with Crippen LogP contribution in [0.15, 0.2) is 23.4 Å². The fraction of sp³-hybridized carbons (Fsp3) is 0.143. The highest BCUT2D eigenvalue weighted by Gasteiger charge is 2.22. The Balaban J connectivity index is 2.73. The Labute approximate surface area is 146 Å². The van der Waals surface area contributed by atoms with E-state index in [9.17, 15) is 9.18 Å². The highest BCUT2D eigenvalue weighted by atomic mass is 35.5. The predicted molar refractivity (Wildman–Crippen MR) is 86.3 cm³/mol. The summed E-state index contributed by atoms with van der Waals surface area (Å²) in [5.41, 5.74) is 9.08. The minimum absolute atomic E-state index is 0.0195. The van der Waals surface area contributed by atoms with Crippen molar-refractivity contribution in [3.63, 3.8) is 0 Å². The molecule has 1 aromatic heterocycles. The lowest BCUT2D eigenvalue weighted by Crippen LogP contribution is -2.08. The average molecular weight is 373 g/mol. The molecule has 24 heavy (non-hydrogen) atoms. The molecule has 0 fully saturated rings. The first-order valence-electron chi connectivity index (χ1n) is 6.38. The summed E-state index contributed by atoms with van der Waals surface area (Å²) >= 11 is 11.9. The van der Waals surface area contributed by atoms with Crippen LogP contribution < -0.4 is 10.2 Å². The normalized spacial score (nSPS) is 10.2. The molecular weight excluding hydrogens is 362 g/mol. The van der Waals surface area contributed by atoms with Gasteiger partial charge in [0.1, 0.15) is 0 Å². The second-order valence-corrected chi connectivity index (χ2v) is 5.16. The number of hydrogen-bond acceptors (Lipinski definition) is 6. The summed E-state index contributed by atoms with van der Waals surface area (Å²) < 4.78 is 24.1. The van der Waals surface area contributed by atoms with Crippen molar-refractivity contribution in [1.29, 1.82) is 5.53 Å². The van der Waals surface area contributed by atoms with Crippen LogP contribution in [0.5, 0.6) is 5.75 Å². The Kier molecular flexibility index (Phi) is 5.53. The van der Waals surface area contributed by atoms with Crippen molar-refractivity contribution in [3.8, 4) is 17.0 Å². The number of carbonyl (C=O) groups excluding carboxylic acids is 1. The van der Waals surface area contributed by atoms with Crippen LogP contribution in [0.4, 0.5) is 10.1 Å². The Morgan fingerprint density at radius 3 is 2.67 bits per heavy atom. The lowest BCUT2D eigenvalue weighted by atomic mass is 10.1. The Morgan fingerprint density at radius 2 is 2.08 bits per heavy atom. The van der Waals surface area contributed by atoms with Gasteiger partial charge in [-0.05, 0) is 18.2 Å². The smallest absolute Gasteiger partial charge is 0.358 e. The topological polar surface area (TPSA) is 96.7 Å². The second-order valence-electron chi connectivity index (χ2n) is 4.38. The van der Waals surface area contributed by atoms with E-state index in [2.05, 4.69) is 20.4 Å². The van der Waals surface area contributed by atoms with Gasteiger partial charge in [-0.2, -0.15) is 5.53 Å². The molecule has 0 aliphatic rings. The third kappa shape index (κ3) is 3.24. The van der Waals surface area contributed by atoms with Crippen LogP contribution in [0.25, 0.3) is 11.3 Å². The Hall–Kier alpha value is -2.45. The third-order valence-electron chi connectivity index (χ3n) is 3.04. The number of benzene rings is 1. The molecule has 10 heteroatoms. The van der Waals surface area contributed by atoms with Gasteiger partial charge in [-0.1, -0.05) is 28.4 Å². The molecule has 2 aromatic rings. The summed E-state index contributed by atoms with van der Waals surface area (Å²) in [6, 6.07) is 4.13.